The maximum absolute atomic E-state index is 12.0. The second kappa shape index (κ2) is 5.31. The number of hydrogen-bond acceptors (Lipinski definition) is 3. The van der Waals surface area contributed by atoms with Gasteiger partial charge in [-0.15, -0.1) is 0 Å². The monoisotopic (exact) mass is 302 g/mol. The molecule has 0 aliphatic heterocycles. The van der Waals surface area contributed by atoms with Crippen LogP contribution in [0.15, 0.2) is 63.4 Å². The maximum Gasteiger partial charge on any atom is 0.259 e. The fraction of sp³-hybridized carbons (Fsp3) is 0.0667. The Kier molecular flexibility index (Phi) is 3.51. The topological polar surface area (TPSA) is 34.4 Å². The minimum Gasteiger partial charge on any atom is -0.269 e. The summed E-state index contributed by atoms with van der Waals surface area (Å²) in [5.74, 6) is 0. The zero-order chi connectivity index (χ0) is 14.1. The molecule has 3 rings (SSSR count). The molecular weight excluding hydrogens is 292 g/mol. The third-order valence-electron chi connectivity index (χ3n) is 2.84. The number of rotatable bonds is 2. The molecule has 2 heterocycles. The smallest absolute Gasteiger partial charge is 0.259 e. The van der Waals surface area contributed by atoms with Crippen LogP contribution in [0, 0.1) is 6.92 Å². The van der Waals surface area contributed by atoms with Gasteiger partial charge in [0, 0.05) is 17.2 Å². The van der Waals surface area contributed by atoms with Crippen LogP contribution in [0.1, 0.15) is 5.56 Å². The van der Waals surface area contributed by atoms with Crippen LogP contribution in [-0.4, -0.2) is 9.38 Å². The number of fused-ring (bicyclic) bond motifs is 1. The molecule has 0 saturated carbocycles. The first-order chi connectivity index (χ1) is 9.61. The van der Waals surface area contributed by atoms with Gasteiger partial charge in [-0.05, 0) is 31.2 Å². The lowest BCUT2D eigenvalue weighted by Crippen LogP contribution is -2.13. The summed E-state index contributed by atoms with van der Waals surface area (Å²) >= 11 is 7.35. The second-order valence-electron chi connectivity index (χ2n) is 4.42. The van der Waals surface area contributed by atoms with Crippen molar-refractivity contribution < 1.29 is 0 Å². The van der Waals surface area contributed by atoms with Gasteiger partial charge in [-0.2, -0.15) is 0 Å². The Balaban J connectivity index is 2.02. The summed E-state index contributed by atoms with van der Waals surface area (Å²) < 4.78 is 1.45. The first-order valence-electron chi connectivity index (χ1n) is 6.05. The SMILES string of the molecule is Cc1ccc(Sc2cc(=O)n3cc(Cl)ccc3n2)cc1. The number of aromatic nitrogens is 2. The Morgan fingerprint density at radius 3 is 2.65 bits per heavy atom. The van der Waals surface area contributed by atoms with Crippen LogP contribution in [0.5, 0.6) is 0 Å². The summed E-state index contributed by atoms with van der Waals surface area (Å²) in [5, 5.41) is 1.20. The molecule has 0 aliphatic rings. The van der Waals surface area contributed by atoms with E-state index in [0.29, 0.717) is 15.7 Å². The van der Waals surface area contributed by atoms with E-state index in [-0.39, 0.29) is 5.56 Å². The molecule has 5 heteroatoms. The average Bonchev–Trinajstić information content (AvgIpc) is 2.42. The first kappa shape index (κ1) is 13.2. The highest BCUT2D eigenvalue weighted by Gasteiger charge is 2.04. The van der Waals surface area contributed by atoms with Gasteiger partial charge in [-0.3, -0.25) is 9.20 Å². The van der Waals surface area contributed by atoms with Gasteiger partial charge in [0.25, 0.3) is 5.56 Å². The van der Waals surface area contributed by atoms with Crippen LogP contribution >= 0.6 is 23.4 Å². The zero-order valence-corrected chi connectivity index (χ0v) is 12.3. The van der Waals surface area contributed by atoms with E-state index in [1.54, 1.807) is 18.3 Å². The van der Waals surface area contributed by atoms with Gasteiger partial charge in [0.2, 0.25) is 0 Å². The van der Waals surface area contributed by atoms with Gasteiger partial charge >= 0.3 is 0 Å². The fourth-order valence-electron chi connectivity index (χ4n) is 1.83. The molecular formula is C15H11ClN2OS. The number of nitrogens with zero attached hydrogens (tertiary/aromatic N) is 2. The Hall–Kier alpha value is -1.78. The summed E-state index contributed by atoms with van der Waals surface area (Å²) in [6.45, 7) is 2.04. The lowest BCUT2D eigenvalue weighted by atomic mass is 10.2. The van der Waals surface area contributed by atoms with Crippen molar-refractivity contribution in [2.75, 3.05) is 0 Å². The average molecular weight is 303 g/mol. The number of pyridine rings is 1. The van der Waals surface area contributed by atoms with E-state index in [4.69, 9.17) is 11.6 Å². The molecule has 3 nitrogen and oxygen atoms in total. The van der Waals surface area contributed by atoms with E-state index >= 15 is 0 Å². The van der Waals surface area contributed by atoms with Crippen molar-refractivity contribution in [2.24, 2.45) is 0 Å². The summed E-state index contributed by atoms with van der Waals surface area (Å²) in [6, 6.07) is 13.1. The van der Waals surface area contributed by atoms with Crippen molar-refractivity contribution >= 4 is 29.0 Å². The summed E-state index contributed by atoms with van der Waals surface area (Å²) in [6.07, 6.45) is 1.58. The number of halogens is 1. The quantitative estimate of drug-likeness (QED) is 0.675. The largest absolute Gasteiger partial charge is 0.269 e. The minimum absolute atomic E-state index is 0.132. The van der Waals surface area contributed by atoms with Crippen molar-refractivity contribution in [1.29, 1.82) is 0 Å². The first-order valence-corrected chi connectivity index (χ1v) is 7.25. The highest BCUT2D eigenvalue weighted by Crippen LogP contribution is 2.25. The van der Waals surface area contributed by atoms with Gasteiger partial charge in [0.15, 0.2) is 0 Å². The molecule has 0 atom stereocenters. The number of benzene rings is 1. The minimum atomic E-state index is -0.132. The van der Waals surface area contributed by atoms with Crippen LogP contribution < -0.4 is 5.56 Å². The van der Waals surface area contributed by atoms with Gasteiger partial charge in [-0.1, -0.05) is 41.1 Å². The number of hydrogen-bond donors (Lipinski definition) is 0. The highest BCUT2D eigenvalue weighted by molar-refractivity contribution is 7.99. The summed E-state index contributed by atoms with van der Waals surface area (Å²) in [7, 11) is 0. The van der Waals surface area contributed by atoms with Gasteiger partial charge in [0.1, 0.15) is 10.7 Å². The van der Waals surface area contributed by atoms with Crippen molar-refractivity contribution in [3.63, 3.8) is 0 Å². The highest BCUT2D eigenvalue weighted by atomic mass is 35.5. The molecule has 0 radical (unpaired) electrons. The Morgan fingerprint density at radius 2 is 1.90 bits per heavy atom. The molecule has 3 aromatic rings. The third kappa shape index (κ3) is 2.71. The van der Waals surface area contributed by atoms with Gasteiger partial charge < -0.3 is 0 Å². The van der Waals surface area contributed by atoms with Crippen molar-refractivity contribution in [2.45, 2.75) is 16.8 Å². The molecule has 1 aromatic carbocycles. The molecule has 0 bridgehead atoms. The fourth-order valence-corrected chi connectivity index (χ4v) is 2.81. The van der Waals surface area contributed by atoms with Gasteiger partial charge in [0.05, 0.1) is 5.02 Å². The standard InChI is InChI=1S/C15H11ClN2OS/c1-10-2-5-12(6-3-10)20-14-8-15(19)18-9-11(16)4-7-13(18)17-14/h2-9H,1H3. The normalized spacial score (nSPS) is 10.9. The van der Waals surface area contributed by atoms with E-state index in [1.807, 2.05) is 31.2 Å². The van der Waals surface area contributed by atoms with Crippen molar-refractivity contribution in [3.8, 4) is 0 Å². The summed E-state index contributed by atoms with van der Waals surface area (Å²) in [4.78, 5) is 17.6. The van der Waals surface area contributed by atoms with Crippen LogP contribution in [0.25, 0.3) is 5.65 Å². The van der Waals surface area contributed by atoms with Gasteiger partial charge in [-0.25, -0.2) is 4.98 Å². The van der Waals surface area contributed by atoms with E-state index < -0.39 is 0 Å². The van der Waals surface area contributed by atoms with Crippen LogP contribution in [-0.2, 0) is 0 Å². The van der Waals surface area contributed by atoms with E-state index in [1.165, 1.54) is 27.8 Å². The lowest BCUT2D eigenvalue weighted by Gasteiger charge is -2.04. The molecule has 100 valence electrons. The molecule has 20 heavy (non-hydrogen) atoms. The second-order valence-corrected chi connectivity index (χ2v) is 5.95. The lowest BCUT2D eigenvalue weighted by molar-refractivity contribution is 0.985. The molecule has 0 saturated heterocycles. The molecule has 0 unspecified atom stereocenters. The van der Waals surface area contributed by atoms with E-state index in [2.05, 4.69) is 4.98 Å². The zero-order valence-electron chi connectivity index (χ0n) is 10.7. The van der Waals surface area contributed by atoms with Crippen LogP contribution in [0.3, 0.4) is 0 Å². The molecule has 0 amide bonds. The Morgan fingerprint density at radius 1 is 1.15 bits per heavy atom. The van der Waals surface area contributed by atoms with Crippen molar-refractivity contribution in [1.82, 2.24) is 9.38 Å². The molecule has 2 aromatic heterocycles. The van der Waals surface area contributed by atoms with Crippen LogP contribution in [0.4, 0.5) is 0 Å². The molecule has 0 fully saturated rings. The number of aryl methyl sites for hydroxylation is 1. The van der Waals surface area contributed by atoms with Crippen molar-refractivity contribution in [3.05, 3.63) is 69.6 Å². The Labute approximate surface area is 125 Å². The maximum atomic E-state index is 12.0. The molecule has 0 aliphatic carbocycles. The van der Waals surface area contributed by atoms with E-state index in [9.17, 15) is 4.79 Å². The predicted molar refractivity (Wildman–Crippen MR) is 81.8 cm³/mol. The molecule has 0 N–H and O–H groups in total. The molecule has 0 spiro atoms. The third-order valence-corrected chi connectivity index (χ3v) is 3.99. The van der Waals surface area contributed by atoms with E-state index in [0.717, 1.165) is 4.90 Å². The predicted octanol–water partition coefficient (Wildman–Crippen LogP) is 3.81. The Bertz CT molecular complexity index is 827. The summed E-state index contributed by atoms with van der Waals surface area (Å²) in [5.41, 5.74) is 1.67. The van der Waals surface area contributed by atoms with Crippen LogP contribution in [0.2, 0.25) is 5.02 Å².